The van der Waals surface area contributed by atoms with E-state index in [1.165, 1.54) is 18.6 Å². The van der Waals surface area contributed by atoms with Crippen LogP contribution in [-0.2, 0) is 14.3 Å². The number of halogens is 2. The molecule has 0 radical (unpaired) electrons. The summed E-state index contributed by atoms with van der Waals surface area (Å²) in [7, 11) is 1.43. The summed E-state index contributed by atoms with van der Waals surface area (Å²) in [5.74, 6) is 0.237. The lowest BCUT2D eigenvalue weighted by atomic mass is 9.95. The zero-order chi connectivity index (χ0) is 30.1. The van der Waals surface area contributed by atoms with E-state index in [2.05, 4.69) is 4.99 Å². The molecule has 0 amide bonds. The highest BCUT2D eigenvalue weighted by Gasteiger charge is 2.34. The summed E-state index contributed by atoms with van der Waals surface area (Å²) >= 11 is 13.7. The molecule has 216 valence electrons. The number of esters is 2. The second-order valence-corrected chi connectivity index (χ2v) is 10.9. The summed E-state index contributed by atoms with van der Waals surface area (Å²) < 4.78 is 23.8. The minimum absolute atomic E-state index is 0.138. The maximum absolute atomic E-state index is 13.9. The van der Waals surface area contributed by atoms with Crippen LogP contribution in [0.25, 0.3) is 17.4 Å². The highest BCUT2D eigenvalue weighted by molar-refractivity contribution is 7.07. The Morgan fingerprint density at radius 3 is 2.64 bits per heavy atom. The molecule has 0 N–H and O–H groups in total. The maximum atomic E-state index is 13.9. The summed E-state index contributed by atoms with van der Waals surface area (Å²) in [5.41, 5.74) is 1.37. The molecular weight excluding hydrogens is 603 g/mol. The Labute approximate surface area is 253 Å². The summed E-state index contributed by atoms with van der Waals surface area (Å²) in [6.07, 6.45) is 1.61. The van der Waals surface area contributed by atoms with Gasteiger partial charge in [-0.1, -0.05) is 46.7 Å². The average Bonchev–Trinajstić information content (AvgIpc) is 3.53. The zero-order valence-corrected chi connectivity index (χ0v) is 25.2. The molecule has 2 aromatic heterocycles. The summed E-state index contributed by atoms with van der Waals surface area (Å²) in [6.45, 7) is 4.80. The van der Waals surface area contributed by atoms with Crippen molar-refractivity contribution in [1.29, 1.82) is 0 Å². The molecule has 3 heterocycles. The fraction of sp³-hybridized carbons (Fsp3) is 0.200. The van der Waals surface area contributed by atoms with Crippen LogP contribution >= 0.6 is 34.5 Å². The van der Waals surface area contributed by atoms with Gasteiger partial charge in [0, 0.05) is 18.6 Å². The van der Waals surface area contributed by atoms with Crippen molar-refractivity contribution in [2.75, 3.05) is 13.7 Å². The van der Waals surface area contributed by atoms with Gasteiger partial charge < -0.3 is 18.6 Å². The Hall–Kier alpha value is -4.12. The monoisotopic (exact) mass is 626 g/mol. The van der Waals surface area contributed by atoms with Gasteiger partial charge in [-0.25, -0.2) is 9.79 Å². The van der Waals surface area contributed by atoms with E-state index in [-0.39, 0.29) is 29.2 Å². The fourth-order valence-corrected chi connectivity index (χ4v) is 6.02. The van der Waals surface area contributed by atoms with Crippen molar-refractivity contribution in [1.82, 2.24) is 4.57 Å². The molecule has 1 atom stereocenters. The average molecular weight is 628 g/mol. The van der Waals surface area contributed by atoms with Gasteiger partial charge in [-0.15, -0.1) is 0 Å². The van der Waals surface area contributed by atoms with Gasteiger partial charge in [0.2, 0.25) is 0 Å². The molecule has 1 aliphatic rings. The number of hydrogen-bond donors (Lipinski definition) is 0. The van der Waals surface area contributed by atoms with Gasteiger partial charge in [-0.05, 0) is 55.8 Å². The Bertz CT molecular complexity index is 1940. The Morgan fingerprint density at radius 2 is 1.93 bits per heavy atom. The normalized spacial score (nSPS) is 14.8. The van der Waals surface area contributed by atoms with Crippen molar-refractivity contribution in [2.24, 2.45) is 4.99 Å². The smallest absolute Gasteiger partial charge is 0.338 e. The van der Waals surface area contributed by atoms with Crippen LogP contribution in [0.1, 0.15) is 38.1 Å². The standard InChI is InChI=1S/C30H24Cl2N2O7S/c1-5-39-29(37)25-15(2)33-30-34(27(25)17-9-11-22(40-16(3)35)23(13-17)38-4)28(36)24(42-30)14-18-10-12-21(41-18)19-7-6-8-20(31)26(19)32/h6-14,27H,5H2,1-4H3/b24-14+/t27-/m0/s1. The third kappa shape index (κ3) is 5.53. The minimum atomic E-state index is -0.889. The van der Waals surface area contributed by atoms with Crippen molar-refractivity contribution in [3.8, 4) is 22.8 Å². The van der Waals surface area contributed by atoms with Crippen LogP contribution in [0.2, 0.25) is 10.0 Å². The largest absolute Gasteiger partial charge is 0.493 e. The topological polar surface area (TPSA) is 109 Å². The number of methoxy groups -OCH3 is 1. The van der Waals surface area contributed by atoms with Gasteiger partial charge in [0.05, 0.1) is 45.6 Å². The molecule has 1 aliphatic heterocycles. The third-order valence-corrected chi connectivity index (χ3v) is 8.19. The fourth-order valence-electron chi connectivity index (χ4n) is 4.60. The molecule has 9 nitrogen and oxygen atoms in total. The summed E-state index contributed by atoms with van der Waals surface area (Å²) in [6, 6.07) is 12.6. The van der Waals surface area contributed by atoms with E-state index >= 15 is 0 Å². The van der Waals surface area contributed by atoms with Crippen LogP contribution in [0, 0.1) is 0 Å². The lowest BCUT2D eigenvalue weighted by molar-refractivity contribution is -0.139. The third-order valence-electron chi connectivity index (χ3n) is 6.39. The first-order valence-corrected chi connectivity index (χ1v) is 14.3. The number of hydrogen-bond acceptors (Lipinski definition) is 9. The highest BCUT2D eigenvalue weighted by Crippen LogP contribution is 2.37. The number of thiazole rings is 1. The van der Waals surface area contributed by atoms with Crippen LogP contribution in [-0.4, -0.2) is 30.2 Å². The van der Waals surface area contributed by atoms with Crippen LogP contribution in [0.5, 0.6) is 11.5 Å². The molecule has 0 unspecified atom stereocenters. The van der Waals surface area contributed by atoms with E-state index < -0.39 is 18.0 Å². The first-order valence-electron chi connectivity index (χ1n) is 12.7. The predicted molar refractivity (Wildman–Crippen MR) is 159 cm³/mol. The van der Waals surface area contributed by atoms with Crippen LogP contribution < -0.4 is 24.4 Å². The molecule has 0 bridgehead atoms. The molecule has 0 spiro atoms. The lowest BCUT2D eigenvalue weighted by Crippen LogP contribution is -2.39. The number of rotatable bonds is 7. The predicted octanol–water partition coefficient (Wildman–Crippen LogP) is 5.30. The Kier molecular flexibility index (Phi) is 8.40. The minimum Gasteiger partial charge on any atom is -0.493 e. The number of nitrogens with zero attached hydrogens (tertiary/aromatic N) is 2. The van der Waals surface area contributed by atoms with Gasteiger partial charge in [0.15, 0.2) is 16.3 Å². The molecule has 42 heavy (non-hydrogen) atoms. The number of carbonyl (C=O) groups excluding carboxylic acids is 2. The first-order chi connectivity index (χ1) is 20.1. The van der Waals surface area contributed by atoms with Crippen molar-refractivity contribution < 1.29 is 28.2 Å². The van der Waals surface area contributed by atoms with Crippen LogP contribution in [0.15, 0.2) is 74.0 Å². The Morgan fingerprint density at radius 1 is 1.14 bits per heavy atom. The summed E-state index contributed by atoms with van der Waals surface area (Å²) in [4.78, 5) is 43.6. The van der Waals surface area contributed by atoms with E-state index in [0.717, 1.165) is 11.3 Å². The molecule has 12 heteroatoms. The summed E-state index contributed by atoms with van der Waals surface area (Å²) in [5, 5.41) is 0.752. The van der Waals surface area contributed by atoms with Gasteiger partial charge in [-0.2, -0.15) is 0 Å². The number of allylic oxidation sites excluding steroid dienone is 1. The quantitative estimate of drug-likeness (QED) is 0.202. The van der Waals surface area contributed by atoms with Gasteiger partial charge >= 0.3 is 11.9 Å². The molecule has 0 aliphatic carbocycles. The van der Waals surface area contributed by atoms with Crippen LogP contribution in [0.3, 0.4) is 0 Å². The molecule has 0 saturated carbocycles. The number of fused-ring (bicyclic) bond motifs is 1. The van der Waals surface area contributed by atoms with Crippen molar-refractivity contribution in [3.63, 3.8) is 0 Å². The maximum Gasteiger partial charge on any atom is 0.338 e. The SMILES string of the molecule is CCOC(=O)C1=C(C)N=c2s/c(=C/c3ccc(-c4cccc(Cl)c4Cl)o3)c(=O)n2[C@H]1c1ccc(OC(C)=O)c(OC)c1. The number of aromatic nitrogens is 1. The zero-order valence-electron chi connectivity index (χ0n) is 22.9. The number of ether oxygens (including phenoxy) is 3. The lowest BCUT2D eigenvalue weighted by Gasteiger charge is -2.25. The van der Waals surface area contributed by atoms with Crippen molar-refractivity contribution in [3.05, 3.63) is 101 Å². The van der Waals surface area contributed by atoms with Gasteiger partial charge in [0.1, 0.15) is 11.5 Å². The molecule has 2 aromatic carbocycles. The first kappa shape index (κ1) is 29.4. The number of carbonyl (C=O) groups is 2. The van der Waals surface area contributed by atoms with E-state index in [1.54, 1.807) is 68.5 Å². The molecule has 4 aromatic rings. The number of benzene rings is 2. The van der Waals surface area contributed by atoms with Crippen LogP contribution in [0.4, 0.5) is 0 Å². The van der Waals surface area contributed by atoms with Gasteiger partial charge in [-0.3, -0.25) is 14.2 Å². The Balaban J connectivity index is 1.65. The molecule has 0 saturated heterocycles. The second kappa shape index (κ2) is 12.0. The second-order valence-electron chi connectivity index (χ2n) is 9.11. The van der Waals surface area contributed by atoms with Crippen molar-refractivity contribution in [2.45, 2.75) is 26.8 Å². The molecule has 0 fully saturated rings. The van der Waals surface area contributed by atoms with Gasteiger partial charge in [0.25, 0.3) is 5.56 Å². The van der Waals surface area contributed by atoms with E-state index in [0.29, 0.717) is 47.7 Å². The van der Waals surface area contributed by atoms with E-state index in [4.69, 9.17) is 41.8 Å². The number of furan rings is 1. The van der Waals surface area contributed by atoms with E-state index in [1.807, 2.05) is 0 Å². The van der Waals surface area contributed by atoms with E-state index in [9.17, 15) is 14.4 Å². The van der Waals surface area contributed by atoms with Crippen molar-refractivity contribution >= 4 is 52.6 Å². The molecular formula is C30H24Cl2N2O7S. The highest BCUT2D eigenvalue weighted by atomic mass is 35.5. The molecule has 5 rings (SSSR count).